The maximum atomic E-state index is 5.31. The summed E-state index contributed by atoms with van der Waals surface area (Å²) >= 11 is 0. The fourth-order valence-electron chi connectivity index (χ4n) is 1.93. The Bertz CT molecular complexity index is 414. The second-order valence-corrected chi connectivity index (χ2v) is 5.21. The highest BCUT2D eigenvalue weighted by Gasteiger charge is 2.04. The number of imidazole rings is 1. The molecular formula is C15H29N5O. The van der Waals surface area contributed by atoms with Crippen LogP contribution in [0.3, 0.4) is 0 Å². The summed E-state index contributed by atoms with van der Waals surface area (Å²) in [6.07, 6.45) is 3.85. The number of aliphatic imine (C=N–C) groups is 1. The van der Waals surface area contributed by atoms with Crippen molar-refractivity contribution >= 4 is 5.96 Å². The van der Waals surface area contributed by atoms with Gasteiger partial charge in [-0.05, 0) is 19.8 Å². The molecule has 1 rings (SSSR count). The summed E-state index contributed by atoms with van der Waals surface area (Å²) in [6.45, 7) is 13.0. The van der Waals surface area contributed by atoms with Gasteiger partial charge in [0.1, 0.15) is 12.4 Å². The molecule has 1 heterocycles. The standard InChI is InChI=1S/C15H29N5O/c1-5-16-15(18-8-10-21-6-2)19-11-14-17-7-9-20(14)12-13(3)4/h7,9,13H,5-6,8,10-12H2,1-4H3,(H2,16,18,19). The predicted octanol–water partition coefficient (Wildman–Crippen LogP) is 1.63. The molecular weight excluding hydrogens is 266 g/mol. The number of hydrogen-bond donors (Lipinski definition) is 2. The summed E-state index contributed by atoms with van der Waals surface area (Å²) in [5.41, 5.74) is 0. The zero-order chi connectivity index (χ0) is 15.5. The Morgan fingerprint density at radius 1 is 1.38 bits per heavy atom. The van der Waals surface area contributed by atoms with E-state index in [1.54, 1.807) is 0 Å². The Kier molecular flexibility index (Phi) is 8.50. The third-order valence-electron chi connectivity index (χ3n) is 2.83. The molecule has 6 nitrogen and oxygen atoms in total. The fourth-order valence-corrected chi connectivity index (χ4v) is 1.93. The van der Waals surface area contributed by atoms with Gasteiger partial charge in [0.15, 0.2) is 5.96 Å². The van der Waals surface area contributed by atoms with Crippen molar-refractivity contribution in [3.8, 4) is 0 Å². The van der Waals surface area contributed by atoms with Crippen molar-refractivity contribution < 1.29 is 4.74 Å². The van der Waals surface area contributed by atoms with Crippen molar-refractivity contribution in [1.82, 2.24) is 20.2 Å². The summed E-state index contributed by atoms with van der Waals surface area (Å²) in [5.74, 6) is 2.39. The topological polar surface area (TPSA) is 63.5 Å². The van der Waals surface area contributed by atoms with Gasteiger partial charge in [-0.25, -0.2) is 9.98 Å². The third-order valence-corrected chi connectivity index (χ3v) is 2.83. The average Bonchev–Trinajstić information content (AvgIpc) is 2.87. The Morgan fingerprint density at radius 2 is 2.19 bits per heavy atom. The van der Waals surface area contributed by atoms with E-state index in [0.717, 1.165) is 38.0 Å². The van der Waals surface area contributed by atoms with Gasteiger partial charge < -0.3 is 19.9 Å². The Balaban J connectivity index is 2.54. The Hall–Kier alpha value is -1.56. The van der Waals surface area contributed by atoms with Crippen LogP contribution in [0.2, 0.25) is 0 Å². The number of aromatic nitrogens is 2. The molecule has 0 radical (unpaired) electrons. The number of rotatable bonds is 9. The van der Waals surface area contributed by atoms with Gasteiger partial charge in [0.2, 0.25) is 0 Å². The first-order valence-electron chi connectivity index (χ1n) is 7.77. The van der Waals surface area contributed by atoms with Gasteiger partial charge in [-0.3, -0.25) is 0 Å². The van der Waals surface area contributed by atoms with Gasteiger partial charge in [0.05, 0.1) is 6.61 Å². The minimum absolute atomic E-state index is 0.573. The molecule has 0 amide bonds. The lowest BCUT2D eigenvalue weighted by Gasteiger charge is -2.12. The molecule has 0 spiro atoms. The SMILES string of the molecule is CCNC(=NCc1nccn1CC(C)C)NCCOCC. The molecule has 0 bridgehead atoms. The van der Waals surface area contributed by atoms with E-state index in [2.05, 4.69) is 45.9 Å². The van der Waals surface area contributed by atoms with E-state index in [9.17, 15) is 0 Å². The third kappa shape index (κ3) is 7.13. The minimum Gasteiger partial charge on any atom is -0.380 e. The van der Waals surface area contributed by atoms with Crippen molar-refractivity contribution in [3.63, 3.8) is 0 Å². The second kappa shape index (κ2) is 10.2. The molecule has 6 heteroatoms. The first-order chi connectivity index (χ1) is 10.2. The Morgan fingerprint density at radius 3 is 2.86 bits per heavy atom. The van der Waals surface area contributed by atoms with E-state index < -0.39 is 0 Å². The highest BCUT2D eigenvalue weighted by atomic mass is 16.5. The lowest BCUT2D eigenvalue weighted by molar-refractivity contribution is 0.152. The maximum absolute atomic E-state index is 5.31. The van der Waals surface area contributed by atoms with Crippen LogP contribution in [0.4, 0.5) is 0 Å². The molecule has 0 fully saturated rings. The van der Waals surface area contributed by atoms with Crippen molar-refractivity contribution in [2.45, 2.75) is 40.8 Å². The highest BCUT2D eigenvalue weighted by molar-refractivity contribution is 5.79. The van der Waals surface area contributed by atoms with Crippen molar-refractivity contribution in [3.05, 3.63) is 18.2 Å². The van der Waals surface area contributed by atoms with Crippen LogP contribution in [0.5, 0.6) is 0 Å². The molecule has 1 aromatic rings. The largest absolute Gasteiger partial charge is 0.380 e. The van der Waals surface area contributed by atoms with Crippen LogP contribution >= 0.6 is 0 Å². The summed E-state index contributed by atoms with van der Waals surface area (Å²) < 4.78 is 7.48. The molecule has 0 aliphatic heterocycles. The smallest absolute Gasteiger partial charge is 0.191 e. The van der Waals surface area contributed by atoms with Crippen LogP contribution in [-0.2, 0) is 17.8 Å². The van der Waals surface area contributed by atoms with E-state index in [1.165, 1.54) is 0 Å². The maximum Gasteiger partial charge on any atom is 0.191 e. The monoisotopic (exact) mass is 295 g/mol. The number of nitrogens with zero attached hydrogens (tertiary/aromatic N) is 3. The van der Waals surface area contributed by atoms with Crippen LogP contribution in [0.1, 0.15) is 33.5 Å². The number of ether oxygens (including phenoxy) is 1. The van der Waals surface area contributed by atoms with E-state index in [-0.39, 0.29) is 0 Å². The van der Waals surface area contributed by atoms with Gasteiger partial charge in [-0.1, -0.05) is 13.8 Å². The first-order valence-corrected chi connectivity index (χ1v) is 7.77. The molecule has 21 heavy (non-hydrogen) atoms. The molecule has 0 saturated carbocycles. The molecule has 0 aromatic carbocycles. The van der Waals surface area contributed by atoms with E-state index >= 15 is 0 Å². The van der Waals surface area contributed by atoms with Crippen LogP contribution in [0.15, 0.2) is 17.4 Å². The first kappa shape index (κ1) is 17.5. The van der Waals surface area contributed by atoms with Gasteiger partial charge in [0, 0.05) is 38.6 Å². The fraction of sp³-hybridized carbons (Fsp3) is 0.733. The normalized spacial score (nSPS) is 12.0. The van der Waals surface area contributed by atoms with Gasteiger partial charge >= 0.3 is 0 Å². The summed E-state index contributed by atoms with van der Waals surface area (Å²) in [5, 5.41) is 6.48. The summed E-state index contributed by atoms with van der Waals surface area (Å²) in [4.78, 5) is 8.96. The zero-order valence-electron chi connectivity index (χ0n) is 13.7. The van der Waals surface area contributed by atoms with E-state index in [1.807, 2.05) is 19.3 Å². The summed E-state index contributed by atoms with van der Waals surface area (Å²) in [6, 6.07) is 0. The van der Waals surface area contributed by atoms with E-state index in [0.29, 0.717) is 19.1 Å². The zero-order valence-corrected chi connectivity index (χ0v) is 13.7. The second-order valence-electron chi connectivity index (χ2n) is 5.21. The average molecular weight is 295 g/mol. The quantitative estimate of drug-likeness (QED) is 0.413. The molecule has 120 valence electrons. The number of guanidine groups is 1. The predicted molar refractivity (Wildman–Crippen MR) is 86.4 cm³/mol. The molecule has 0 aliphatic carbocycles. The van der Waals surface area contributed by atoms with Crippen molar-refractivity contribution in [1.29, 1.82) is 0 Å². The lowest BCUT2D eigenvalue weighted by Crippen LogP contribution is -2.39. The molecule has 0 aliphatic rings. The van der Waals surface area contributed by atoms with Crippen LogP contribution in [0, 0.1) is 5.92 Å². The number of nitrogens with one attached hydrogen (secondary N) is 2. The van der Waals surface area contributed by atoms with Gasteiger partial charge in [0.25, 0.3) is 0 Å². The van der Waals surface area contributed by atoms with Crippen molar-refractivity contribution in [2.75, 3.05) is 26.3 Å². The Labute approximate surface area is 128 Å². The van der Waals surface area contributed by atoms with Crippen molar-refractivity contribution in [2.24, 2.45) is 10.9 Å². The van der Waals surface area contributed by atoms with Gasteiger partial charge in [-0.2, -0.15) is 0 Å². The number of hydrogen-bond acceptors (Lipinski definition) is 3. The molecule has 0 unspecified atom stereocenters. The molecule has 2 N–H and O–H groups in total. The van der Waals surface area contributed by atoms with E-state index in [4.69, 9.17) is 4.74 Å². The van der Waals surface area contributed by atoms with Crippen LogP contribution in [-0.4, -0.2) is 41.8 Å². The van der Waals surface area contributed by atoms with Crippen LogP contribution < -0.4 is 10.6 Å². The lowest BCUT2D eigenvalue weighted by atomic mass is 10.2. The molecule has 1 aromatic heterocycles. The summed E-state index contributed by atoms with van der Waals surface area (Å²) in [7, 11) is 0. The molecule has 0 atom stereocenters. The van der Waals surface area contributed by atoms with Gasteiger partial charge in [-0.15, -0.1) is 0 Å². The molecule has 0 saturated heterocycles. The van der Waals surface area contributed by atoms with Crippen LogP contribution in [0.25, 0.3) is 0 Å². The highest BCUT2D eigenvalue weighted by Crippen LogP contribution is 2.04. The minimum atomic E-state index is 0.573.